The molecule has 4 saturated heterocycles. The van der Waals surface area contributed by atoms with Gasteiger partial charge in [-0.2, -0.15) is 13.2 Å². The Bertz CT molecular complexity index is 926. The Labute approximate surface area is 209 Å². The number of hydrogen-bond donors (Lipinski definition) is 0. The SMILES string of the molecule is CC(OC(=O)N1CCC2(CCCN2Cc2cccc(N3CC4COCC4C3)c2Cl)CC1)C(F)(F)F. The van der Waals surface area contributed by atoms with E-state index in [1.807, 2.05) is 0 Å². The molecule has 3 atom stereocenters. The second-order valence-electron chi connectivity index (χ2n) is 10.5. The number of alkyl halides is 3. The number of fused-ring (bicyclic) bond motifs is 1. The topological polar surface area (TPSA) is 45.2 Å². The minimum atomic E-state index is -4.55. The van der Waals surface area contributed by atoms with Crippen molar-refractivity contribution in [1.82, 2.24) is 9.80 Å². The Morgan fingerprint density at radius 3 is 2.51 bits per heavy atom. The van der Waals surface area contributed by atoms with Gasteiger partial charge in [0.2, 0.25) is 0 Å². The van der Waals surface area contributed by atoms with Crippen LogP contribution >= 0.6 is 11.6 Å². The van der Waals surface area contributed by atoms with Crippen molar-refractivity contribution in [3.8, 4) is 0 Å². The molecule has 1 amide bonds. The van der Waals surface area contributed by atoms with E-state index in [2.05, 4.69) is 32.7 Å². The summed E-state index contributed by atoms with van der Waals surface area (Å²) in [6.07, 6.45) is -4.03. The second kappa shape index (κ2) is 9.63. The first-order valence-electron chi connectivity index (χ1n) is 12.5. The predicted octanol–water partition coefficient (Wildman–Crippen LogP) is 4.94. The molecular formula is C25H33ClF3N3O3. The molecular weight excluding hydrogens is 483 g/mol. The van der Waals surface area contributed by atoms with Crippen molar-refractivity contribution < 1.29 is 27.4 Å². The molecule has 1 spiro atoms. The molecule has 10 heteroatoms. The van der Waals surface area contributed by atoms with E-state index >= 15 is 0 Å². The van der Waals surface area contributed by atoms with E-state index in [4.69, 9.17) is 16.3 Å². The Hall–Kier alpha value is -1.71. The van der Waals surface area contributed by atoms with Gasteiger partial charge in [-0.3, -0.25) is 4.90 Å². The van der Waals surface area contributed by atoms with Crippen molar-refractivity contribution in [2.75, 3.05) is 50.8 Å². The van der Waals surface area contributed by atoms with Crippen LogP contribution in [0, 0.1) is 11.8 Å². The number of anilines is 1. The lowest BCUT2D eigenvalue weighted by atomic mass is 9.85. The van der Waals surface area contributed by atoms with Crippen LogP contribution in [0.4, 0.5) is 23.7 Å². The normalized spacial score (nSPS) is 27.5. The van der Waals surface area contributed by atoms with Gasteiger partial charge in [0.25, 0.3) is 0 Å². The lowest BCUT2D eigenvalue weighted by Crippen LogP contribution is -2.53. The highest BCUT2D eigenvalue weighted by Gasteiger charge is 2.46. The highest BCUT2D eigenvalue weighted by molar-refractivity contribution is 6.34. The van der Waals surface area contributed by atoms with Crippen LogP contribution in [0.1, 0.15) is 38.2 Å². The molecule has 0 aliphatic carbocycles. The number of benzene rings is 1. The van der Waals surface area contributed by atoms with Gasteiger partial charge in [-0.15, -0.1) is 0 Å². The first-order chi connectivity index (χ1) is 16.7. The zero-order valence-electron chi connectivity index (χ0n) is 20.0. The van der Waals surface area contributed by atoms with E-state index in [-0.39, 0.29) is 5.54 Å². The molecule has 0 radical (unpaired) electrons. The van der Waals surface area contributed by atoms with Gasteiger partial charge in [0.15, 0.2) is 6.10 Å². The van der Waals surface area contributed by atoms with Crippen molar-refractivity contribution in [2.45, 2.75) is 57.0 Å². The zero-order valence-corrected chi connectivity index (χ0v) is 20.8. The zero-order chi connectivity index (χ0) is 24.8. The fraction of sp³-hybridized carbons (Fsp3) is 0.720. The van der Waals surface area contributed by atoms with Gasteiger partial charge in [0.1, 0.15) is 0 Å². The molecule has 0 saturated carbocycles. The van der Waals surface area contributed by atoms with Gasteiger partial charge in [0.05, 0.1) is 23.9 Å². The number of hydrogen-bond acceptors (Lipinski definition) is 5. The average molecular weight is 516 g/mol. The van der Waals surface area contributed by atoms with E-state index in [1.165, 1.54) is 4.90 Å². The summed E-state index contributed by atoms with van der Waals surface area (Å²) in [6, 6.07) is 6.26. The minimum absolute atomic E-state index is 0.0617. The molecule has 4 heterocycles. The van der Waals surface area contributed by atoms with Crippen LogP contribution in [0.3, 0.4) is 0 Å². The second-order valence-corrected chi connectivity index (χ2v) is 10.9. The quantitative estimate of drug-likeness (QED) is 0.568. The van der Waals surface area contributed by atoms with Gasteiger partial charge in [-0.25, -0.2) is 4.79 Å². The fourth-order valence-corrected chi connectivity index (χ4v) is 6.53. The van der Waals surface area contributed by atoms with Crippen LogP contribution in [0.15, 0.2) is 18.2 Å². The number of likely N-dealkylation sites (tertiary alicyclic amines) is 2. The van der Waals surface area contributed by atoms with Crippen LogP contribution in [-0.4, -0.2) is 79.6 Å². The number of carbonyl (C=O) groups is 1. The Balaban J connectivity index is 1.22. The predicted molar refractivity (Wildman–Crippen MR) is 127 cm³/mol. The van der Waals surface area contributed by atoms with Crippen LogP contribution in [0.5, 0.6) is 0 Å². The molecule has 1 aromatic rings. The number of ether oxygens (including phenoxy) is 2. The highest BCUT2D eigenvalue weighted by Crippen LogP contribution is 2.42. The van der Waals surface area contributed by atoms with E-state index in [9.17, 15) is 18.0 Å². The number of rotatable bonds is 4. The summed E-state index contributed by atoms with van der Waals surface area (Å²) >= 11 is 6.94. The largest absolute Gasteiger partial charge is 0.437 e. The van der Waals surface area contributed by atoms with E-state index in [0.717, 1.165) is 88.3 Å². The number of amides is 1. The molecule has 1 aromatic carbocycles. The van der Waals surface area contributed by atoms with Crippen molar-refractivity contribution in [3.63, 3.8) is 0 Å². The molecule has 35 heavy (non-hydrogen) atoms. The highest BCUT2D eigenvalue weighted by atomic mass is 35.5. The Morgan fingerprint density at radius 2 is 1.86 bits per heavy atom. The van der Waals surface area contributed by atoms with Gasteiger partial charge in [-0.05, 0) is 50.8 Å². The van der Waals surface area contributed by atoms with Crippen LogP contribution in [0.2, 0.25) is 5.02 Å². The number of halogens is 4. The summed E-state index contributed by atoms with van der Waals surface area (Å²) in [7, 11) is 0. The third kappa shape index (κ3) is 4.96. The number of carbonyl (C=O) groups excluding carboxylic acids is 1. The summed E-state index contributed by atoms with van der Waals surface area (Å²) in [5, 5.41) is 0.803. The molecule has 194 valence electrons. The third-order valence-electron chi connectivity index (χ3n) is 8.43. The molecule has 4 aliphatic rings. The first-order valence-corrected chi connectivity index (χ1v) is 12.9. The van der Waals surface area contributed by atoms with Gasteiger partial charge in [-0.1, -0.05) is 23.7 Å². The Morgan fingerprint density at radius 1 is 1.17 bits per heavy atom. The van der Waals surface area contributed by atoms with Crippen LogP contribution in [0.25, 0.3) is 0 Å². The van der Waals surface area contributed by atoms with Crippen molar-refractivity contribution in [2.24, 2.45) is 11.8 Å². The maximum Gasteiger partial charge on any atom is 0.425 e. The molecule has 0 N–H and O–H groups in total. The molecule has 4 fully saturated rings. The van der Waals surface area contributed by atoms with E-state index in [1.54, 1.807) is 0 Å². The van der Waals surface area contributed by atoms with Crippen LogP contribution in [-0.2, 0) is 16.0 Å². The number of nitrogens with zero attached hydrogens (tertiary/aromatic N) is 3. The summed E-state index contributed by atoms with van der Waals surface area (Å²) in [5.41, 5.74) is 2.12. The lowest BCUT2D eigenvalue weighted by molar-refractivity contribution is -0.200. The van der Waals surface area contributed by atoms with Crippen LogP contribution < -0.4 is 4.90 Å². The summed E-state index contributed by atoms with van der Waals surface area (Å²) < 4.78 is 48.6. The molecule has 6 nitrogen and oxygen atoms in total. The summed E-state index contributed by atoms with van der Waals surface area (Å²) in [6.45, 7) is 6.93. The Kier molecular flexibility index (Phi) is 6.87. The summed E-state index contributed by atoms with van der Waals surface area (Å²) in [5.74, 6) is 1.15. The van der Waals surface area contributed by atoms with Crippen molar-refractivity contribution >= 4 is 23.4 Å². The van der Waals surface area contributed by atoms with Gasteiger partial charge in [0, 0.05) is 50.1 Å². The third-order valence-corrected chi connectivity index (χ3v) is 8.87. The molecule has 0 bridgehead atoms. The summed E-state index contributed by atoms with van der Waals surface area (Å²) in [4.78, 5) is 18.5. The van der Waals surface area contributed by atoms with Gasteiger partial charge < -0.3 is 19.3 Å². The molecule has 4 aliphatic heterocycles. The minimum Gasteiger partial charge on any atom is -0.437 e. The average Bonchev–Trinajstić information content (AvgIpc) is 3.51. The van der Waals surface area contributed by atoms with Crippen molar-refractivity contribution in [1.29, 1.82) is 0 Å². The van der Waals surface area contributed by atoms with Crippen molar-refractivity contribution in [3.05, 3.63) is 28.8 Å². The van der Waals surface area contributed by atoms with Gasteiger partial charge >= 0.3 is 12.3 Å². The molecule has 5 rings (SSSR count). The first kappa shape index (κ1) is 25.0. The molecule has 3 unspecified atom stereocenters. The maximum atomic E-state index is 12.8. The lowest BCUT2D eigenvalue weighted by Gasteiger charge is -2.45. The molecule has 0 aromatic heterocycles. The monoisotopic (exact) mass is 515 g/mol. The smallest absolute Gasteiger partial charge is 0.425 e. The maximum absolute atomic E-state index is 12.8. The van der Waals surface area contributed by atoms with E-state index < -0.39 is 18.4 Å². The number of piperidine rings is 1. The van der Waals surface area contributed by atoms with E-state index in [0.29, 0.717) is 24.9 Å². The fourth-order valence-electron chi connectivity index (χ4n) is 6.23. The standard InChI is InChI=1S/C25H33ClF3N3O3/c1-17(25(27,28)29)35-23(33)30-10-7-24(8-11-30)6-3-9-32(24)14-18-4-2-5-21(22(18)26)31-12-19-15-34-16-20(19)13-31/h2,4-5,17,19-20H,3,6-16H2,1H3.